The number of aromatic nitrogens is 3. The molecule has 0 aliphatic carbocycles. The summed E-state index contributed by atoms with van der Waals surface area (Å²) in [5, 5.41) is 15.5. The van der Waals surface area contributed by atoms with Crippen LogP contribution in [0.5, 0.6) is 17.2 Å². The van der Waals surface area contributed by atoms with E-state index in [1.165, 1.54) is 23.1 Å². The molecule has 1 fully saturated rings. The third-order valence-corrected chi connectivity index (χ3v) is 8.13. The van der Waals surface area contributed by atoms with Crippen LogP contribution in [0.3, 0.4) is 0 Å². The van der Waals surface area contributed by atoms with Crippen LogP contribution in [-0.2, 0) is 4.79 Å². The number of rotatable bonds is 9. The number of nitriles is 1. The van der Waals surface area contributed by atoms with Gasteiger partial charge in [-0.25, -0.2) is 15.0 Å². The van der Waals surface area contributed by atoms with Crippen molar-refractivity contribution in [1.29, 1.82) is 5.26 Å². The summed E-state index contributed by atoms with van der Waals surface area (Å²) in [6, 6.07) is 15.4. The van der Waals surface area contributed by atoms with Gasteiger partial charge in [-0.3, -0.25) is 4.79 Å². The Kier molecular flexibility index (Phi) is 9.01. The fraction of sp³-hybridized carbons (Fsp3) is 0.300. The summed E-state index contributed by atoms with van der Waals surface area (Å²) in [5.74, 6) is 2.69. The van der Waals surface area contributed by atoms with Crippen molar-refractivity contribution < 1.29 is 14.3 Å². The Hall–Kier alpha value is -4.14. The maximum Gasteiger partial charge on any atom is 0.219 e. The number of hydrogen-bond acceptors (Lipinski definition) is 10. The van der Waals surface area contributed by atoms with Gasteiger partial charge in [0.05, 0.1) is 11.8 Å². The first kappa shape index (κ1) is 28.4. The van der Waals surface area contributed by atoms with Crippen LogP contribution in [0.25, 0.3) is 0 Å². The smallest absolute Gasteiger partial charge is 0.219 e. The number of nitrogens with one attached hydrogen (secondary N) is 1. The number of carbonyl (C=O) groups is 1. The molecule has 9 nitrogen and oxygen atoms in total. The zero-order chi connectivity index (χ0) is 28.8. The molecule has 41 heavy (non-hydrogen) atoms. The van der Waals surface area contributed by atoms with Gasteiger partial charge >= 0.3 is 0 Å². The molecule has 0 unspecified atom stereocenters. The maximum absolute atomic E-state index is 11.7. The average Bonchev–Trinajstić information content (AvgIpc) is 3.43. The summed E-state index contributed by atoms with van der Waals surface area (Å²) in [5.41, 5.74) is 1.28. The van der Waals surface area contributed by atoms with Crippen LogP contribution in [0.4, 0.5) is 10.9 Å². The second-order valence-electron chi connectivity index (χ2n) is 9.81. The highest BCUT2D eigenvalue weighted by molar-refractivity contribution is 7.99. The number of nitrogens with zero attached hydrogens (tertiary/aromatic N) is 5. The number of carbonyl (C=O) groups excluding carboxylic acids is 1. The molecule has 1 N–H and O–H groups in total. The normalized spacial score (nSPS) is 13.6. The highest BCUT2D eigenvalue weighted by Gasteiger charge is 2.24. The summed E-state index contributed by atoms with van der Waals surface area (Å²) in [6.45, 7) is 6.96. The van der Waals surface area contributed by atoms with Gasteiger partial charge in [-0.1, -0.05) is 30.0 Å². The zero-order valence-corrected chi connectivity index (χ0v) is 24.7. The topological polar surface area (TPSA) is 113 Å². The summed E-state index contributed by atoms with van der Waals surface area (Å²) < 4.78 is 12.0. The van der Waals surface area contributed by atoms with Crippen LogP contribution < -0.4 is 14.8 Å². The van der Waals surface area contributed by atoms with E-state index in [0.29, 0.717) is 29.0 Å². The third-order valence-electron chi connectivity index (χ3n) is 6.44. The SMILES string of the molecule is CC(=O)N1CCC(c2csc(Nc3ncc(Sc4cnc(C#N)c(OC(C)C)c4)cc3Oc3ccccc3)n2)CC1. The highest BCUT2D eigenvalue weighted by Crippen LogP contribution is 2.38. The molecule has 0 saturated carbocycles. The van der Waals surface area contributed by atoms with E-state index in [4.69, 9.17) is 14.5 Å². The molecule has 0 atom stereocenters. The minimum atomic E-state index is -0.0817. The Balaban J connectivity index is 1.36. The van der Waals surface area contributed by atoms with Crippen molar-refractivity contribution in [3.63, 3.8) is 0 Å². The van der Waals surface area contributed by atoms with E-state index in [2.05, 4.69) is 26.7 Å². The van der Waals surface area contributed by atoms with Gasteiger partial charge in [0.25, 0.3) is 0 Å². The minimum absolute atomic E-state index is 0.0817. The molecular weight excluding hydrogens is 557 g/mol. The molecule has 1 aliphatic heterocycles. The molecule has 1 amide bonds. The molecule has 11 heteroatoms. The van der Waals surface area contributed by atoms with Crippen molar-refractivity contribution >= 4 is 40.0 Å². The molecule has 0 spiro atoms. The standard InChI is InChI=1S/C30H30N6O3S2/c1-19(2)38-27-13-23(16-32-25(27)15-31)41-24-14-28(39-22-7-5-4-6-8-22)29(33-17-24)35-30-34-26(18-40-30)21-9-11-36(12-10-21)20(3)37/h4-8,13-14,16-19,21H,9-12H2,1-3H3,(H,33,34,35). The second-order valence-corrected chi connectivity index (χ2v) is 11.8. The van der Waals surface area contributed by atoms with E-state index >= 15 is 0 Å². The number of piperidine rings is 1. The predicted octanol–water partition coefficient (Wildman–Crippen LogP) is 7.00. The Morgan fingerprint density at radius 3 is 2.51 bits per heavy atom. The molecule has 1 aromatic carbocycles. The molecular formula is C30H30N6O3S2. The molecule has 0 radical (unpaired) electrons. The molecule has 0 bridgehead atoms. The Morgan fingerprint density at radius 1 is 1.12 bits per heavy atom. The first-order valence-corrected chi connectivity index (χ1v) is 15.0. The summed E-state index contributed by atoms with van der Waals surface area (Å²) in [7, 11) is 0. The van der Waals surface area contributed by atoms with Crippen molar-refractivity contribution in [2.75, 3.05) is 18.4 Å². The van der Waals surface area contributed by atoms with Crippen LogP contribution in [0.15, 0.2) is 70.0 Å². The van der Waals surface area contributed by atoms with Crippen LogP contribution in [-0.4, -0.2) is 45.0 Å². The van der Waals surface area contributed by atoms with E-state index in [1.807, 2.05) is 61.2 Å². The predicted molar refractivity (Wildman–Crippen MR) is 159 cm³/mol. The van der Waals surface area contributed by atoms with E-state index in [1.54, 1.807) is 19.3 Å². The monoisotopic (exact) mass is 586 g/mol. The van der Waals surface area contributed by atoms with Crippen LogP contribution in [0.2, 0.25) is 0 Å². The van der Waals surface area contributed by atoms with Gasteiger partial charge in [0.2, 0.25) is 5.91 Å². The minimum Gasteiger partial charge on any atom is -0.488 e. The molecule has 1 saturated heterocycles. The molecule has 210 valence electrons. The van der Waals surface area contributed by atoms with Crippen molar-refractivity contribution in [2.45, 2.75) is 55.4 Å². The maximum atomic E-state index is 11.7. The number of hydrogen-bond donors (Lipinski definition) is 1. The molecule has 4 aromatic rings. The second kappa shape index (κ2) is 13.0. The Morgan fingerprint density at radius 2 is 1.83 bits per heavy atom. The number of para-hydroxylation sites is 1. The number of likely N-dealkylation sites (tertiary alicyclic amines) is 1. The average molecular weight is 587 g/mol. The molecule has 5 rings (SSSR count). The van der Waals surface area contributed by atoms with Gasteiger partial charge in [0.15, 0.2) is 28.1 Å². The van der Waals surface area contributed by atoms with E-state index in [0.717, 1.165) is 46.5 Å². The highest BCUT2D eigenvalue weighted by atomic mass is 32.2. The summed E-state index contributed by atoms with van der Waals surface area (Å²) >= 11 is 2.97. The van der Waals surface area contributed by atoms with E-state index in [-0.39, 0.29) is 17.7 Å². The molecule has 3 aromatic heterocycles. The summed E-state index contributed by atoms with van der Waals surface area (Å²) in [4.78, 5) is 29.0. The number of amides is 1. The van der Waals surface area contributed by atoms with Crippen LogP contribution in [0.1, 0.15) is 50.9 Å². The van der Waals surface area contributed by atoms with Crippen molar-refractivity contribution in [2.24, 2.45) is 0 Å². The lowest BCUT2D eigenvalue weighted by atomic mass is 9.94. The van der Waals surface area contributed by atoms with E-state index in [9.17, 15) is 10.1 Å². The lowest BCUT2D eigenvalue weighted by molar-refractivity contribution is -0.129. The van der Waals surface area contributed by atoms with Gasteiger partial charge in [-0.05, 0) is 44.9 Å². The zero-order valence-electron chi connectivity index (χ0n) is 23.0. The summed E-state index contributed by atoms with van der Waals surface area (Å²) in [6.07, 6.45) is 5.14. The lowest BCUT2D eigenvalue weighted by Gasteiger charge is -2.30. The van der Waals surface area contributed by atoms with Gasteiger partial charge in [0, 0.05) is 59.6 Å². The van der Waals surface area contributed by atoms with Gasteiger partial charge in [0.1, 0.15) is 11.8 Å². The molecule has 4 heterocycles. The number of anilines is 2. The van der Waals surface area contributed by atoms with Crippen LogP contribution in [0, 0.1) is 11.3 Å². The van der Waals surface area contributed by atoms with Crippen LogP contribution >= 0.6 is 23.1 Å². The van der Waals surface area contributed by atoms with Crippen molar-refractivity contribution in [3.8, 4) is 23.3 Å². The first-order chi connectivity index (χ1) is 19.9. The number of thiazole rings is 1. The third kappa shape index (κ3) is 7.34. The van der Waals surface area contributed by atoms with Gasteiger partial charge < -0.3 is 19.7 Å². The number of benzene rings is 1. The largest absolute Gasteiger partial charge is 0.488 e. The Bertz CT molecular complexity index is 1550. The number of pyridine rings is 2. The lowest BCUT2D eigenvalue weighted by Crippen LogP contribution is -2.36. The van der Waals surface area contributed by atoms with Crippen molar-refractivity contribution in [1.82, 2.24) is 19.9 Å². The van der Waals surface area contributed by atoms with Gasteiger partial charge in [-0.15, -0.1) is 11.3 Å². The fourth-order valence-corrected chi connectivity index (χ4v) is 6.04. The van der Waals surface area contributed by atoms with E-state index < -0.39 is 0 Å². The van der Waals surface area contributed by atoms with Gasteiger partial charge in [-0.2, -0.15) is 5.26 Å². The quantitative estimate of drug-likeness (QED) is 0.221. The number of ether oxygens (including phenoxy) is 2. The first-order valence-electron chi connectivity index (χ1n) is 13.3. The fourth-order valence-electron chi connectivity index (χ4n) is 4.44. The molecule has 1 aliphatic rings. The Labute approximate surface area is 247 Å². The van der Waals surface area contributed by atoms with Crippen molar-refractivity contribution in [3.05, 3.63) is 71.6 Å².